The minimum Gasteiger partial charge on any atom is -0.481 e. The van der Waals surface area contributed by atoms with Gasteiger partial charge in [0.25, 0.3) is 0 Å². The van der Waals surface area contributed by atoms with Crippen molar-refractivity contribution in [3.63, 3.8) is 0 Å². The lowest BCUT2D eigenvalue weighted by Gasteiger charge is -2.22. The number of carboxylic acid groups (broad SMARTS) is 3. The first-order chi connectivity index (χ1) is 9.76. The molecular weight excluding hydrogens is 284 g/mol. The van der Waals surface area contributed by atoms with E-state index in [-0.39, 0.29) is 0 Å². The topological polar surface area (TPSA) is 141 Å². The summed E-state index contributed by atoms with van der Waals surface area (Å²) in [5.41, 5.74) is 0. The molecule has 8 heteroatoms. The summed E-state index contributed by atoms with van der Waals surface area (Å²) in [5.74, 6) is -3.33. The van der Waals surface area contributed by atoms with Gasteiger partial charge in [0.15, 0.2) is 0 Å². The van der Waals surface area contributed by atoms with Gasteiger partial charge in [0, 0.05) is 11.8 Å². The molecule has 21 heavy (non-hydrogen) atoms. The molecule has 1 heterocycles. The molecule has 0 aromatic rings. The Balaban J connectivity index is 3.06. The molecule has 0 radical (unpaired) electrons. The summed E-state index contributed by atoms with van der Waals surface area (Å²) in [6.07, 6.45) is 0.151. The highest BCUT2D eigenvalue weighted by molar-refractivity contribution is 5.70. The van der Waals surface area contributed by atoms with Crippen LogP contribution in [0.5, 0.6) is 0 Å². The number of terminal acetylenes is 1. The van der Waals surface area contributed by atoms with E-state index in [1.54, 1.807) is 0 Å². The van der Waals surface area contributed by atoms with E-state index >= 15 is 0 Å². The van der Waals surface area contributed by atoms with Crippen LogP contribution in [0, 0.1) is 24.2 Å². The number of aliphatic hydroxyl groups is 1. The first-order valence-corrected chi connectivity index (χ1v) is 6.21. The Bertz CT molecular complexity index is 465. The summed E-state index contributed by atoms with van der Waals surface area (Å²) in [4.78, 5) is 32.6. The highest BCUT2D eigenvalue weighted by Crippen LogP contribution is 2.40. The van der Waals surface area contributed by atoms with Crippen molar-refractivity contribution < 1.29 is 39.5 Å². The van der Waals surface area contributed by atoms with Crippen molar-refractivity contribution in [3.05, 3.63) is 0 Å². The fourth-order valence-electron chi connectivity index (χ4n) is 2.65. The maximum Gasteiger partial charge on any atom is 0.305 e. The average molecular weight is 300 g/mol. The van der Waals surface area contributed by atoms with E-state index in [9.17, 15) is 19.5 Å². The standard InChI is InChI=1S/C13H16O8/c1-2-8(14)13-7(4-11(17)18)6(3-10(15)16)9(21-13)5-12(19)20/h1,6-9,13-14H,3-5H2,(H,15,16)(H,17,18)(H,19,20)/t6?,7?,8-,9?,13?/m0/s1. The molecule has 1 rings (SSSR count). The van der Waals surface area contributed by atoms with Gasteiger partial charge in [-0.1, -0.05) is 5.92 Å². The lowest BCUT2D eigenvalue weighted by Crippen LogP contribution is -2.33. The molecule has 4 N–H and O–H groups in total. The smallest absolute Gasteiger partial charge is 0.305 e. The normalized spacial score (nSPS) is 29.5. The Morgan fingerprint density at radius 1 is 1.00 bits per heavy atom. The van der Waals surface area contributed by atoms with Gasteiger partial charge in [-0.3, -0.25) is 14.4 Å². The lowest BCUT2D eigenvalue weighted by molar-refractivity contribution is -0.143. The molecule has 4 unspecified atom stereocenters. The van der Waals surface area contributed by atoms with Crippen LogP contribution in [0.15, 0.2) is 0 Å². The van der Waals surface area contributed by atoms with Crippen LogP contribution in [0.3, 0.4) is 0 Å². The Kier molecular flexibility index (Phi) is 5.69. The first-order valence-electron chi connectivity index (χ1n) is 6.21. The van der Waals surface area contributed by atoms with Crippen LogP contribution in [0.25, 0.3) is 0 Å². The fourth-order valence-corrected chi connectivity index (χ4v) is 2.65. The number of hydrogen-bond donors (Lipinski definition) is 4. The lowest BCUT2D eigenvalue weighted by atomic mass is 9.80. The molecule has 1 aliphatic heterocycles. The Labute approximate surface area is 120 Å². The number of hydrogen-bond acceptors (Lipinski definition) is 5. The second-order valence-corrected chi connectivity index (χ2v) is 4.87. The zero-order chi connectivity index (χ0) is 16.2. The fraction of sp³-hybridized carbons (Fsp3) is 0.615. The Hall–Kier alpha value is -2.11. The highest BCUT2D eigenvalue weighted by Gasteiger charge is 2.48. The quantitative estimate of drug-likeness (QED) is 0.457. The number of aliphatic hydroxyl groups excluding tert-OH is 1. The van der Waals surface area contributed by atoms with Gasteiger partial charge < -0.3 is 25.2 Å². The largest absolute Gasteiger partial charge is 0.481 e. The predicted molar refractivity (Wildman–Crippen MR) is 67.2 cm³/mol. The summed E-state index contributed by atoms with van der Waals surface area (Å²) in [6.45, 7) is 0. The molecule has 8 nitrogen and oxygen atoms in total. The molecule has 1 fully saturated rings. The molecule has 0 aromatic heterocycles. The molecule has 0 saturated carbocycles. The van der Waals surface area contributed by atoms with Crippen LogP contribution < -0.4 is 0 Å². The van der Waals surface area contributed by atoms with Crippen LogP contribution >= 0.6 is 0 Å². The van der Waals surface area contributed by atoms with E-state index in [1.165, 1.54) is 0 Å². The molecule has 0 aromatic carbocycles. The van der Waals surface area contributed by atoms with E-state index < -0.39 is 67.3 Å². The van der Waals surface area contributed by atoms with Gasteiger partial charge >= 0.3 is 17.9 Å². The van der Waals surface area contributed by atoms with Crippen LogP contribution in [0.2, 0.25) is 0 Å². The van der Waals surface area contributed by atoms with E-state index in [1.807, 2.05) is 5.92 Å². The Morgan fingerprint density at radius 3 is 1.90 bits per heavy atom. The summed E-state index contributed by atoms with van der Waals surface area (Å²) in [5, 5.41) is 36.3. The molecule has 1 saturated heterocycles. The number of aliphatic carboxylic acids is 3. The van der Waals surface area contributed by atoms with Gasteiger partial charge in [0.05, 0.1) is 31.5 Å². The van der Waals surface area contributed by atoms with Gasteiger partial charge in [-0.25, -0.2) is 0 Å². The third-order valence-corrected chi connectivity index (χ3v) is 3.46. The molecule has 0 aliphatic carbocycles. The maximum atomic E-state index is 10.9. The van der Waals surface area contributed by atoms with Crippen molar-refractivity contribution in [2.24, 2.45) is 11.8 Å². The zero-order valence-electron chi connectivity index (χ0n) is 11.0. The average Bonchev–Trinajstić information content (AvgIpc) is 2.65. The van der Waals surface area contributed by atoms with Crippen LogP contribution in [0.1, 0.15) is 19.3 Å². The molecule has 1 aliphatic rings. The summed E-state index contributed by atoms with van der Waals surface area (Å²) < 4.78 is 5.35. The minimum absolute atomic E-state index is 0.455. The van der Waals surface area contributed by atoms with Gasteiger partial charge in [-0.15, -0.1) is 6.42 Å². The van der Waals surface area contributed by atoms with E-state index in [4.69, 9.17) is 26.5 Å². The number of rotatable bonds is 7. The van der Waals surface area contributed by atoms with Crippen molar-refractivity contribution in [1.29, 1.82) is 0 Å². The highest BCUT2D eigenvalue weighted by atomic mass is 16.5. The monoisotopic (exact) mass is 300 g/mol. The van der Waals surface area contributed by atoms with Gasteiger partial charge in [0.2, 0.25) is 0 Å². The van der Waals surface area contributed by atoms with E-state index in [0.717, 1.165) is 0 Å². The van der Waals surface area contributed by atoms with Gasteiger partial charge in [-0.05, 0) is 0 Å². The van der Waals surface area contributed by atoms with Crippen molar-refractivity contribution in [1.82, 2.24) is 0 Å². The molecule has 0 bridgehead atoms. The molecule has 0 amide bonds. The second-order valence-electron chi connectivity index (χ2n) is 4.87. The summed E-state index contributed by atoms with van der Waals surface area (Å²) in [6, 6.07) is 0. The number of ether oxygens (including phenoxy) is 1. The third-order valence-electron chi connectivity index (χ3n) is 3.46. The summed E-state index contributed by atoms with van der Waals surface area (Å²) >= 11 is 0. The molecule has 0 spiro atoms. The van der Waals surface area contributed by atoms with Crippen LogP contribution in [0.4, 0.5) is 0 Å². The van der Waals surface area contributed by atoms with Crippen molar-refractivity contribution in [2.45, 2.75) is 37.6 Å². The van der Waals surface area contributed by atoms with E-state index in [0.29, 0.717) is 0 Å². The van der Waals surface area contributed by atoms with Gasteiger partial charge in [-0.2, -0.15) is 0 Å². The Morgan fingerprint density at radius 2 is 1.48 bits per heavy atom. The SMILES string of the molecule is C#C[C@H](O)C1OC(CC(=O)O)C(CC(=O)O)C1CC(=O)O. The van der Waals surface area contributed by atoms with Crippen molar-refractivity contribution in [3.8, 4) is 12.3 Å². The van der Waals surface area contributed by atoms with E-state index in [2.05, 4.69) is 0 Å². The minimum atomic E-state index is -1.43. The van der Waals surface area contributed by atoms with Crippen LogP contribution in [-0.4, -0.2) is 56.6 Å². The summed E-state index contributed by atoms with van der Waals surface area (Å²) in [7, 11) is 0. The molecule has 5 atom stereocenters. The van der Waals surface area contributed by atoms with Crippen molar-refractivity contribution in [2.75, 3.05) is 0 Å². The first kappa shape index (κ1) is 16.9. The van der Waals surface area contributed by atoms with Crippen LogP contribution in [-0.2, 0) is 19.1 Å². The zero-order valence-corrected chi connectivity index (χ0v) is 11.0. The van der Waals surface area contributed by atoms with Crippen molar-refractivity contribution >= 4 is 17.9 Å². The van der Waals surface area contributed by atoms with Gasteiger partial charge in [0.1, 0.15) is 6.10 Å². The predicted octanol–water partition coefficient (Wildman–Crippen LogP) is -0.596. The number of carbonyl (C=O) groups is 3. The molecule has 116 valence electrons. The molecular formula is C13H16O8. The second kappa shape index (κ2) is 7.06. The third kappa shape index (κ3) is 4.44. The number of carboxylic acids is 3. The maximum absolute atomic E-state index is 10.9.